The van der Waals surface area contributed by atoms with Crippen molar-refractivity contribution < 1.29 is 4.79 Å². The van der Waals surface area contributed by atoms with Crippen LogP contribution in [-0.2, 0) is 0 Å². The first-order chi connectivity index (χ1) is 6.16. The molecule has 0 aromatic carbocycles. The van der Waals surface area contributed by atoms with Crippen molar-refractivity contribution in [1.82, 2.24) is 4.98 Å². The molecule has 3 nitrogen and oxygen atoms in total. The molecule has 0 unspecified atom stereocenters. The Labute approximate surface area is 82.0 Å². The van der Waals surface area contributed by atoms with Crippen molar-refractivity contribution in [2.75, 3.05) is 0 Å². The van der Waals surface area contributed by atoms with E-state index >= 15 is 0 Å². The van der Waals surface area contributed by atoms with Gasteiger partial charge in [-0.3, -0.25) is 4.79 Å². The fourth-order valence-electron chi connectivity index (χ4n) is 1.00. The maximum Gasteiger partial charge on any atom is 0.208 e. The lowest BCUT2D eigenvalue weighted by molar-refractivity contribution is 0.0934. The zero-order valence-corrected chi connectivity index (χ0v) is 8.67. The first-order valence-electron chi connectivity index (χ1n) is 4.36. The molecular weight excluding hydrogens is 184 g/mol. The number of carbonyl (C=O) groups excluding carboxylic acids is 1. The molecular formula is C9H14N2OS. The summed E-state index contributed by atoms with van der Waals surface area (Å²) in [6, 6.07) is -0.406. The molecule has 0 fully saturated rings. The molecule has 0 spiro atoms. The van der Waals surface area contributed by atoms with Crippen molar-refractivity contribution in [3.8, 4) is 0 Å². The quantitative estimate of drug-likeness (QED) is 0.749. The highest BCUT2D eigenvalue weighted by atomic mass is 32.1. The SMILES string of the molecule is CC[C@@H](C)[C@H](N)C(=O)c1nccs1. The van der Waals surface area contributed by atoms with Crippen molar-refractivity contribution in [2.45, 2.75) is 26.3 Å². The van der Waals surface area contributed by atoms with Gasteiger partial charge in [-0.2, -0.15) is 0 Å². The number of rotatable bonds is 4. The van der Waals surface area contributed by atoms with E-state index in [0.29, 0.717) is 5.01 Å². The summed E-state index contributed by atoms with van der Waals surface area (Å²) in [5.41, 5.74) is 5.78. The molecule has 0 amide bonds. The zero-order valence-electron chi connectivity index (χ0n) is 7.86. The number of carbonyl (C=O) groups is 1. The molecule has 2 N–H and O–H groups in total. The molecule has 0 saturated carbocycles. The third-order valence-electron chi connectivity index (χ3n) is 2.20. The average Bonchev–Trinajstić information content (AvgIpc) is 2.67. The van der Waals surface area contributed by atoms with Crippen molar-refractivity contribution in [3.63, 3.8) is 0 Å². The van der Waals surface area contributed by atoms with Crippen LogP contribution >= 0.6 is 11.3 Å². The first-order valence-corrected chi connectivity index (χ1v) is 5.24. The lowest BCUT2D eigenvalue weighted by atomic mass is 9.97. The van der Waals surface area contributed by atoms with Crippen LogP contribution in [0.4, 0.5) is 0 Å². The highest BCUT2D eigenvalue weighted by Gasteiger charge is 2.22. The predicted molar refractivity (Wildman–Crippen MR) is 53.9 cm³/mol. The second-order valence-electron chi connectivity index (χ2n) is 3.11. The van der Waals surface area contributed by atoms with Gasteiger partial charge in [-0.15, -0.1) is 11.3 Å². The molecule has 72 valence electrons. The maximum atomic E-state index is 11.6. The van der Waals surface area contributed by atoms with Crippen molar-refractivity contribution in [3.05, 3.63) is 16.6 Å². The van der Waals surface area contributed by atoms with Gasteiger partial charge in [0.25, 0.3) is 0 Å². The molecule has 1 rings (SSSR count). The Morgan fingerprint density at radius 3 is 2.92 bits per heavy atom. The Hall–Kier alpha value is -0.740. The van der Waals surface area contributed by atoms with Gasteiger partial charge in [-0.1, -0.05) is 20.3 Å². The molecule has 0 aliphatic heterocycles. The Kier molecular flexibility index (Phi) is 3.57. The second kappa shape index (κ2) is 4.48. The summed E-state index contributed by atoms with van der Waals surface area (Å²) in [5.74, 6) is 0.181. The van der Waals surface area contributed by atoms with Crippen LogP contribution in [0.5, 0.6) is 0 Å². The highest BCUT2D eigenvalue weighted by Crippen LogP contribution is 2.13. The number of Topliss-reactive ketones (excluding diaryl/α,β-unsaturated/α-hetero) is 1. The van der Waals surface area contributed by atoms with Gasteiger partial charge in [-0.05, 0) is 5.92 Å². The summed E-state index contributed by atoms with van der Waals surface area (Å²) in [6.07, 6.45) is 2.54. The lowest BCUT2D eigenvalue weighted by Crippen LogP contribution is -2.36. The van der Waals surface area contributed by atoms with E-state index in [1.807, 2.05) is 13.8 Å². The van der Waals surface area contributed by atoms with Crippen LogP contribution in [0.2, 0.25) is 0 Å². The molecule has 0 bridgehead atoms. The van der Waals surface area contributed by atoms with E-state index < -0.39 is 6.04 Å². The number of thiazole rings is 1. The molecule has 1 aromatic heterocycles. The Bertz CT molecular complexity index is 271. The highest BCUT2D eigenvalue weighted by molar-refractivity contribution is 7.11. The van der Waals surface area contributed by atoms with E-state index in [9.17, 15) is 4.79 Å². The molecule has 4 heteroatoms. The largest absolute Gasteiger partial charge is 0.321 e. The van der Waals surface area contributed by atoms with E-state index in [1.54, 1.807) is 11.6 Å². The van der Waals surface area contributed by atoms with E-state index in [0.717, 1.165) is 6.42 Å². The van der Waals surface area contributed by atoms with E-state index in [4.69, 9.17) is 5.73 Å². The smallest absolute Gasteiger partial charge is 0.208 e. The van der Waals surface area contributed by atoms with Gasteiger partial charge in [0, 0.05) is 11.6 Å². The minimum Gasteiger partial charge on any atom is -0.321 e. The molecule has 2 atom stereocenters. The van der Waals surface area contributed by atoms with Crippen LogP contribution < -0.4 is 5.73 Å². The van der Waals surface area contributed by atoms with Crippen molar-refractivity contribution in [1.29, 1.82) is 0 Å². The lowest BCUT2D eigenvalue weighted by Gasteiger charge is -2.14. The topological polar surface area (TPSA) is 56.0 Å². The van der Waals surface area contributed by atoms with Crippen molar-refractivity contribution >= 4 is 17.1 Å². The second-order valence-corrected chi connectivity index (χ2v) is 4.01. The van der Waals surface area contributed by atoms with Crippen LogP contribution in [0.25, 0.3) is 0 Å². The number of nitrogens with two attached hydrogens (primary N) is 1. The molecule has 0 aliphatic carbocycles. The molecule has 0 aliphatic rings. The van der Waals surface area contributed by atoms with Crippen LogP contribution in [0, 0.1) is 5.92 Å². The Morgan fingerprint density at radius 1 is 1.77 bits per heavy atom. The average molecular weight is 198 g/mol. The summed E-state index contributed by atoms with van der Waals surface area (Å²) in [4.78, 5) is 15.6. The molecule has 0 saturated heterocycles. The predicted octanol–water partition coefficient (Wildman–Crippen LogP) is 1.70. The van der Waals surface area contributed by atoms with Crippen LogP contribution in [0.3, 0.4) is 0 Å². The monoisotopic (exact) mass is 198 g/mol. The fourth-order valence-corrected chi connectivity index (χ4v) is 1.62. The van der Waals surface area contributed by atoms with Gasteiger partial charge < -0.3 is 5.73 Å². The summed E-state index contributed by atoms with van der Waals surface area (Å²) < 4.78 is 0. The number of nitrogens with zero attached hydrogens (tertiary/aromatic N) is 1. The number of aromatic nitrogens is 1. The normalized spacial score (nSPS) is 15.3. The summed E-state index contributed by atoms with van der Waals surface area (Å²) in [6.45, 7) is 4.01. The Balaban J connectivity index is 2.68. The zero-order chi connectivity index (χ0) is 9.84. The van der Waals surface area contributed by atoms with E-state index in [2.05, 4.69) is 4.98 Å². The molecule has 1 aromatic rings. The third kappa shape index (κ3) is 2.35. The van der Waals surface area contributed by atoms with Crippen LogP contribution in [0.1, 0.15) is 30.1 Å². The van der Waals surface area contributed by atoms with E-state index in [1.165, 1.54) is 11.3 Å². The summed E-state index contributed by atoms with van der Waals surface area (Å²) in [7, 11) is 0. The maximum absolute atomic E-state index is 11.6. The van der Waals surface area contributed by atoms with Gasteiger partial charge in [-0.25, -0.2) is 4.98 Å². The first kappa shape index (κ1) is 10.3. The summed E-state index contributed by atoms with van der Waals surface area (Å²) >= 11 is 1.35. The number of ketones is 1. The van der Waals surface area contributed by atoms with Crippen molar-refractivity contribution in [2.24, 2.45) is 11.7 Å². The minimum absolute atomic E-state index is 0.0376. The Morgan fingerprint density at radius 2 is 2.46 bits per heavy atom. The van der Waals surface area contributed by atoms with Gasteiger partial charge in [0.05, 0.1) is 6.04 Å². The number of hydrogen-bond donors (Lipinski definition) is 1. The van der Waals surface area contributed by atoms with Gasteiger partial charge in [0.2, 0.25) is 5.78 Å². The van der Waals surface area contributed by atoms with Gasteiger partial charge >= 0.3 is 0 Å². The van der Waals surface area contributed by atoms with Crippen LogP contribution in [-0.4, -0.2) is 16.8 Å². The molecule has 0 radical (unpaired) electrons. The third-order valence-corrected chi connectivity index (χ3v) is 2.99. The standard InChI is InChI=1S/C9H14N2OS/c1-3-6(2)7(10)8(12)9-11-4-5-13-9/h4-7H,3,10H2,1-2H3/t6-,7+/m1/s1. The summed E-state index contributed by atoms with van der Waals surface area (Å²) in [5, 5.41) is 2.31. The van der Waals surface area contributed by atoms with Gasteiger partial charge in [0.1, 0.15) is 0 Å². The number of hydrogen-bond acceptors (Lipinski definition) is 4. The fraction of sp³-hybridized carbons (Fsp3) is 0.556. The van der Waals surface area contributed by atoms with Gasteiger partial charge in [0.15, 0.2) is 5.01 Å². The minimum atomic E-state index is -0.406. The van der Waals surface area contributed by atoms with Crippen LogP contribution in [0.15, 0.2) is 11.6 Å². The molecule has 13 heavy (non-hydrogen) atoms. The molecule has 1 heterocycles. The van der Waals surface area contributed by atoms with E-state index in [-0.39, 0.29) is 11.7 Å².